The molecular weight excluding hydrogens is 398 g/mol. The van der Waals surface area contributed by atoms with Gasteiger partial charge in [-0.3, -0.25) is 4.79 Å². The van der Waals surface area contributed by atoms with Crippen molar-refractivity contribution in [3.8, 4) is 0 Å². The van der Waals surface area contributed by atoms with Crippen LogP contribution in [0, 0.1) is 11.8 Å². The third-order valence-corrected chi connectivity index (χ3v) is 9.16. The Morgan fingerprint density at radius 3 is 2.61 bits per heavy atom. The minimum atomic E-state index is 0.0402. The van der Waals surface area contributed by atoms with Gasteiger partial charge in [-0.15, -0.1) is 0 Å². The molecule has 1 heterocycles. The van der Waals surface area contributed by atoms with E-state index in [0.717, 1.165) is 50.3 Å². The van der Waals surface area contributed by atoms with Crippen LogP contribution in [0.15, 0.2) is 54.6 Å². The van der Waals surface area contributed by atoms with Gasteiger partial charge in [0, 0.05) is 28.7 Å². The van der Waals surface area contributed by atoms with E-state index in [4.69, 9.17) is 0 Å². The summed E-state index contributed by atoms with van der Waals surface area (Å²) in [6.07, 6.45) is 12.3. The molecule has 1 aromatic rings. The Morgan fingerprint density at radius 2 is 1.97 bits per heavy atom. The fourth-order valence-corrected chi connectivity index (χ4v) is 6.69. The number of rotatable bonds is 7. The molecule has 1 aliphatic heterocycles. The zero-order valence-electron chi connectivity index (χ0n) is 19.4. The summed E-state index contributed by atoms with van der Waals surface area (Å²) in [5.41, 5.74) is 4.96. The van der Waals surface area contributed by atoms with E-state index in [2.05, 4.69) is 74.7 Å². The molecule has 2 nitrogen and oxygen atoms in total. The van der Waals surface area contributed by atoms with E-state index in [1.54, 1.807) is 11.8 Å². The molecule has 2 atom stereocenters. The molecule has 3 heteroatoms. The van der Waals surface area contributed by atoms with Crippen molar-refractivity contribution in [3.05, 3.63) is 65.8 Å². The van der Waals surface area contributed by atoms with Crippen molar-refractivity contribution in [2.75, 3.05) is 19.6 Å². The number of hydrogen-bond acceptors (Lipinski definition) is 3. The van der Waals surface area contributed by atoms with Gasteiger partial charge in [-0.1, -0.05) is 80.3 Å². The van der Waals surface area contributed by atoms with Crippen LogP contribution in [0.1, 0.15) is 64.0 Å². The van der Waals surface area contributed by atoms with Gasteiger partial charge >= 0.3 is 0 Å². The van der Waals surface area contributed by atoms with E-state index in [-0.39, 0.29) is 10.5 Å². The Balaban J connectivity index is 1.47. The van der Waals surface area contributed by atoms with Gasteiger partial charge < -0.3 is 4.90 Å². The second-order valence-electron chi connectivity index (χ2n) is 9.58. The van der Waals surface area contributed by atoms with Crippen LogP contribution in [0.2, 0.25) is 0 Å². The second kappa shape index (κ2) is 9.50. The van der Waals surface area contributed by atoms with E-state index in [0.29, 0.717) is 11.2 Å². The van der Waals surface area contributed by atoms with Crippen molar-refractivity contribution in [3.63, 3.8) is 0 Å². The van der Waals surface area contributed by atoms with Gasteiger partial charge in [0.2, 0.25) is 5.12 Å². The number of carbonyl (C=O) groups is 1. The van der Waals surface area contributed by atoms with Crippen molar-refractivity contribution in [2.24, 2.45) is 11.8 Å². The minimum Gasteiger partial charge on any atom is -0.303 e. The third kappa shape index (κ3) is 4.36. The maximum atomic E-state index is 13.2. The first-order chi connectivity index (χ1) is 15.0. The molecule has 2 aliphatic carbocycles. The minimum absolute atomic E-state index is 0.0402. The van der Waals surface area contributed by atoms with Crippen LogP contribution < -0.4 is 0 Å². The Hall–Kier alpha value is -1.58. The predicted octanol–water partition coefficient (Wildman–Crippen LogP) is 6.63. The van der Waals surface area contributed by atoms with E-state index in [1.807, 2.05) is 0 Å². The van der Waals surface area contributed by atoms with Gasteiger partial charge in [-0.05, 0) is 69.2 Å². The molecule has 3 aliphatic rings. The van der Waals surface area contributed by atoms with Crippen LogP contribution in [-0.2, 0) is 10.2 Å². The highest BCUT2D eigenvalue weighted by molar-refractivity contribution is 8.15. The van der Waals surface area contributed by atoms with Crippen molar-refractivity contribution in [1.29, 1.82) is 0 Å². The maximum Gasteiger partial charge on any atom is 0.219 e. The summed E-state index contributed by atoms with van der Waals surface area (Å²) >= 11 is 1.55. The van der Waals surface area contributed by atoms with Gasteiger partial charge in [0.15, 0.2) is 0 Å². The molecular formula is C28H37NOS. The quantitative estimate of drug-likeness (QED) is 0.448. The van der Waals surface area contributed by atoms with Gasteiger partial charge in [-0.25, -0.2) is 0 Å². The molecule has 31 heavy (non-hydrogen) atoms. The third-order valence-electron chi connectivity index (χ3n) is 7.72. The zero-order chi connectivity index (χ0) is 22.0. The Bertz CT molecular complexity index is 886. The number of thioether (sulfide) groups is 1. The van der Waals surface area contributed by atoms with Gasteiger partial charge in [0.25, 0.3) is 0 Å². The molecule has 0 N–H and O–H groups in total. The smallest absolute Gasteiger partial charge is 0.219 e. The topological polar surface area (TPSA) is 20.3 Å². The first-order valence-corrected chi connectivity index (χ1v) is 13.0. The predicted molar refractivity (Wildman–Crippen MR) is 134 cm³/mol. The number of hydrogen-bond donors (Lipinski definition) is 0. The highest BCUT2D eigenvalue weighted by atomic mass is 32.2. The fourth-order valence-electron chi connectivity index (χ4n) is 5.75. The number of benzene rings is 1. The standard InChI is InChI=1S/C28H37NOS/c1-5-10-23-20(4)17-21(23)19-29-15-13-28(14-16-29)18-25(24-11-8-9-12-26(24)28)27(30)31-22(6-2)7-3/h5,8-12,18,21-23H,4,6-7,13-17,19H2,1-3H3/b10-5-/t21-,23?/m1/s1. The van der Waals surface area contributed by atoms with Gasteiger partial charge in [-0.2, -0.15) is 0 Å². The Kier molecular flexibility index (Phi) is 6.93. The van der Waals surface area contributed by atoms with Crippen LogP contribution in [0.5, 0.6) is 0 Å². The molecule has 1 aromatic carbocycles. The number of likely N-dealkylation sites (tertiary alicyclic amines) is 1. The van der Waals surface area contributed by atoms with Crippen LogP contribution in [0.25, 0.3) is 5.57 Å². The van der Waals surface area contributed by atoms with Crippen molar-refractivity contribution < 1.29 is 4.79 Å². The first kappa shape index (κ1) is 22.6. The molecule has 4 rings (SSSR count). The summed E-state index contributed by atoms with van der Waals surface area (Å²) in [6.45, 7) is 14.1. The summed E-state index contributed by atoms with van der Waals surface area (Å²) in [5, 5.41) is 0.684. The van der Waals surface area contributed by atoms with Crippen LogP contribution in [0.3, 0.4) is 0 Å². The lowest BCUT2D eigenvalue weighted by molar-refractivity contribution is -0.106. The molecule has 0 bridgehead atoms. The summed E-state index contributed by atoms with van der Waals surface area (Å²) in [7, 11) is 0. The summed E-state index contributed by atoms with van der Waals surface area (Å²) in [6, 6.07) is 8.65. The number of carbonyl (C=O) groups excluding carboxylic acids is 1. The number of fused-ring (bicyclic) bond motifs is 2. The van der Waals surface area contributed by atoms with Gasteiger partial charge in [0.05, 0.1) is 0 Å². The van der Waals surface area contributed by atoms with E-state index in [1.165, 1.54) is 29.7 Å². The lowest BCUT2D eigenvalue weighted by Gasteiger charge is -2.44. The van der Waals surface area contributed by atoms with E-state index in [9.17, 15) is 4.79 Å². The fraction of sp³-hybridized carbons (Fsp3) is 0.536. The highest BCUT2D eigenvalue weighted by Crippen LogP contribution is 2.49. The largest absolute Gasteiger partial charge is 0.303 e. The zero-order valence-corrected chi connectivity index (χ0v) is 20.2. The van der Waals surface area contributed by atoms with E-state index < -0.39 is 0 Å². The highest BCUT2D eigenvalue weighted by Gasteiger charge is 2.43. The molecule has 0 aromatic heterocycles. The molecule has 0 radical (unpaired) electrons. The van der Waals surface area contributed by atoms with E-state index >= 15 is 0 Å². The van der Waals surface area contributed by atoms with Gasteiger partial charge in [0.1, 0.15) is 0 Å². The number of piperidine rings is 1. The SMILES string of the molecule is C=C1C[C@H](CN2CCC3(C=C(C(=O)SC(CC)CC)c4ccccc43)CC2)C1/C=C\C. The lowest BCUT2D eigenvalue weighted by Crippen LogP contribution is -2.45. The molecule has 1 unspecified atom stereocenters. The summed E-state index contributed by atoms with van der Waals surface area (Å²) in [5.74, 6) is 1.29. The molecule has 1 spiro atoms. The monoisotopic (exact) mass is 435 g/mol. The molecule has 1 saturated carbocycles. The van der Waals surface area contributed by atoms with Crippen molar-refractivity contribution in [1.82, 2.24) is 4.90 Å². The molecule has 2 fully saturated rings. The lowest BCUT2D eigenvalue weighted by atomic mass is 9.69. The summed E-state index contributed by atoms with van der Waals surface area (Å²) < 4.78 is 0. The summed E-state index contributed by atoms with van der Waals surface area (Å²) in [4.78, 5) is 15.9. The maximum absolute atomic E-state index is 13.2. The second-order valence-corrected chi connectivity index (χ2v) is 10.9. The van der Waals surface area contributed by atoms with Crippen molar-refractivity contribution >= 4 is 22.5 Å². The average Bonchev–Trinajstić information content (AvgIpc) is 3.11. The molecule has 1 saturated heterocycles. The normalized spacial score (nSPS) is 25.2. The first-order valence-electron chi connectivity index (χ1n) is 12.1. The van der Waals surface area contributed by atoms with Crippen LogP contribution in [0.4, 0.5) is 0 Å². The number of nitrogens with zero attached hydrogens (tertiary/aromatic N) is 1. The Morgan fingerprint density at radius 1 is 1.26 bits per heavy atom. The van der Waals surface area contributed by atoms with Crippen LogP contribution in [-0.4, -0.2) is 34.9 Å². The molecule has 0 amide bonds. The molecule has 166 valence electrons. The number of allylic oxidation sites excluding steroid dienone is 4. The Labute approximate surface area is 192 Å². The average molecular weight is 436 g/mol. The van der Waals surface area contributed by atoms with Crippen LogP contribution >= 0.6 is 11.8 Å². The van der Waals surface area contributed by atoms with Crippen molar-refractivity contribution in [2.45, 2.75) is 63.5 Å².